The first-order valence-electron chi connectivity index (χ1n) is 9.89. The van der Waals surface area contributed by atoms with Crippen LogP contribution >= 0.6 is 11.6 Å². The first kappa shape index (κ1) is 22.8. The van der Waals surface area contributed by atoms with Gasteiger partial charge in [-0.1, -0.05) is 60.1 Å². The third kappa shape index (κ3) is 6.06. The van der Waals surface area contributed by atoms with E-state index in [0.717, 1.165) is 5.56 Å². The van der Waals surface area contributed by atoms with Gasteiger partial charge in [0.1, 0.15) is 5.70 Å². The van der Waals surface area contributed by atoms with E-state index < -0.39 is 17.8 Å². The molecule has 3 rings (SSSR count). The minimum Gasteiger partial charge on any atom is -0.462 e. The summed E-state index contributed by atoms with van der Waals surface area (Å²) in [5.74, 6) is -1.57. The summed E-state index contributed by atoms with van der Waals surface area (Å²) in [6.45, 7) is 1.96. The van der Waals surface area contributed by atoms with Crippen LogP contribution < -0.4 is 10.6 Å². The van der Waals surface area contributed by atoms with E-state index in [1.807, 2.05) is 18.2 Å². The Morgan fingerprint density at radius 3 is 2.38 bits per heavy atom. The minimum atomic E-state index is -0.560. The lowest BCUT2D eigenvalue weighted by Crippen LogP contribution is -2.31. The Balaban J connectivity index is 1.87. The summed E-state index contributed by atoms with van der Waals surface area (Å²) in [6.07, 6.45) is 1.55. The second-order valence-corrected chi connectivity index (χ2v) is 7.07. The van der Waals surface area contributed by atoms with E-state index in [2.05, 4.69) is 10.6 Å². The van der Waals surface area contributed by atoms with Crippen LogP contribution in [0.5, 0.6) is 0 Å². The largest absolute Gasteiger partial charge is 0.462 e. The van der Waals surface area contributed by atoms with Crippen molar-refractivity contribution in [2.45, 2.75) is 6.92 Å². The Kier molecular flexibility index (Phi) is 7.78. The molecule has 0 fully saturated rings. The SMILES string of the molecule is CCOC(=O)c1cccc(NC(=O)/C(=C/c2ccccc2)NC(=O)c2ccccc2Cl)c1. The molecule has 0 spiro atoms. The fourth-order valence-corrected chi connectivity index (χ4v) is 3.07. The number of ether oxygens (including phenoxy) is 1. The number of esters is 1. The normalized spacial score (nSPS) is 10.9. The number of anilines is 1. The Morgan fingerprint density at radius 1 is 0.938 bits per heavy atom. The molecule has 0 unspecified atom stereocenters. The monoisotopic (exact) mass is 448 g/mol. The molecule has 0 aliphatic carbocycles. The summed E-state index contributed by atoms with van der Waals surface area (Å²) in [6, 6.07) is 22.0. The topological polar surface area (TPSA) is 84.5 Å². The van der Waals surface area contributed by atoms with Gasteiger partial charge in [0.25, 0.3) is 11.8 Å². The number of rotatable bonds is 7. The maximum absolute atomic E-state index is 13.0. The van der Waals surface area contributed by atoms with Crippen LogP contribution in [-0.4, -0.2) is 24.4 Å². The highest BCUT2D eigenvalue weighted by Gasteiger charge is 2.17. The zero-order chi connectivity index (χ0) is 22.9. The number of carbonyl (C=O) groups is 3. The molecule has 162 valence electrons. The highest BCUT2D eigenvalue weighted by Crippen LogP contribution is 2.17. The number of carbonyl (C=O) groups excluding carboxylic acids is 3. The first-order valence-corrected chi connectivity index (χ1v) is 10.3. The maximum atomic E-state index is 13.0. The van der Waals surface area contributed by atoms with Gasteiger partial charge in [-0.2, -0.15) is 0 Å². The van der Waals surface area contributed by atoms with Crippen molar-refractivity contribution in [3.05, 3.63) is 106 Å². The summed E-state index contributed by atoms with van der Waals surface area (Å²) >= 11 is 6.12. The first-order chi connectivity index (χ1) is 15.5. The van der Waals surface area contributed by atoms with Gasteiger partial charge in [0.2, 0.25) is 0 Å². The quantitative estimate of drug-likeness (QED) is 0.396. The molecule has 6 nitrogen and oxygen atoms in total. The van der Waals surface area contributed by atoms with Crippen molar-refractivity contribution < 1.29 is 19.1 Å². The maximum Gasteiger partial charge on any atom is 0.338 e. The predicted octanol–water partition coefficient (Wildman–Crippen LogP) is 4.93. The van der Waals surface area contributed by atoms with Gasteiger partial charge in [0.05, 0.1) is 22.8 Å². The summed E-state index contributed by atoms with van der Waals surface area (Å²) in [5.41, 5.74) is 1.66. The average molecular weight is 449 g/mol. The summed E-state index contributed by atoms with van der Waals surface area (Å²) < 4.78 is 4.99. The lowest BCUT2D eigenvalue weighted by molar-refractivity contribution is -0.113. The molecular weight excluding hydrogens is 428 g/mol. The van der Waals surface area contributed by atoms with Gasteiger partial charge in [-0.3, -0.25) is 9.59 Å². The van der Waals surface area contributed by atoms with E-state index in [1.165, 1.54) is 6.07 Å². The van der Waals surface area contributed by atoms with Crippen molar-refractivity contribution >= 4 is 41.1 Å². The molecule has 0 bridgehead atoms. The van der Waals surface area contributed by atoms with Crippen LogP contribution in [0.1, 0.15) is 33.2 Å². The lowest BCUT2D eigenvalue weighted by Gasteiger charge is -2.12. The number of benzene rings is 3. The van der Waals surface area contributed by atoms with Crippen LogP contribution in [-0.2, 0) is 9.53 Å². The van der Waals surface area contributed by atoms with Crippen LogP contribution in [0, 0.1) is 0 Å². The van der Waals surface area contributed by atoms with Gasteiger partial charge in [0.15, 0.2) is 0 Å². The van der Waals surface area contributed by atoms with E-state index in [9.17, 15) is 14.4 Å². The molecule has 0 aliphatic rings. The van der Waals surface area contributed by atoms with Crippen LogP contribution in [0.25, 0.3) is 6.08 Å². The summed E-state index contributed by atoms with van der Waals surface area (Å²) in [7, 11) is 0. The zero-order valence-corrected chi connectivity index (χ0v) is 18.1. The van der Waals surface area contributed by atoms with Crippen molar-refractivity contribution in [3.63, 3.8) is 0 Å². The number of hydrogen-bond acceptors (Lipinski definition) is 4. The molecule has 32 heavy (non-hydrogen) atoms. The van der Waals surface area contributed by atoms with E-state index in [1.54, 1.807) is 67.6 Å². The molecule has 0 heterocycles. The van der Waals surface area contributed by atoms with Gasteiger partial charge in [0, 0.05) is 5.69 Å². The summed E-state index contributed by atoms with van der Waals surface area (Å²) in [5, 5.41) is 5.61. The van der Waals surface area contributed by atoms with Gasteiger partial charge >= 0.3 is 5.97 Å². The zero-order valence-electron chi connectivity index (χ0n) is 17.3. The molecule has 0 aliphatic heterocycles. The van der Waals surface area contributed by atoms with Crippen LogP contribution in [0.4, 0.5) is 5.69 Å². The fraction of sp³-hybridized carbons (Fsp3) is 0.0800. The standard InChI is InChI=1S/C25H21ClN2O4/c1-2-32-25(31)18-11-8-12-19(16-18)27-24(30)22(15-17-9-4-3-5-10-17)28-23(29)20-13-6-7-14-21(20)26/h3-16H,2H2,1H3,(H,27,30)(H,28,29)/b22-15-. The highest BCUT2D eigenvalue weighted by molar-refractivity contribution is 6.34. The number of amides is 2. The number of hydrogen-bond donors (Lipinski definition) is 2. The van der Waals surface area contributed by atoms with E-state index in [0.29, 0.717) is 11.3 Å². The second kappa shape index (κ2) is 10.9. The van der Waals surface area contributed by atoms with Gasteiger partial charge in [-0.05, 0) is 48.9 Å². The Bertz CT molecular complexity index is 1160. The van der Waals surface area contributed by atoms with Crippen molar-refractivity contribution in [3.8, 4) is 0 Å². The lowest BCUT2D eigenvalue weighted by atomic mass is 10.1. The van der Waals surface area contributed by atoms with E-state index in [4.69, 9.17) is 16.3 Å². The third-order valence-corrected chi connectivity index (χ3v) is 4.68. The molecule has 2 amide bonds. The highest BCUT2D eigenvalue weighted by atomic mass is 35.5. The molecule has 3 aromatic rings. The number of halogens is 1. The predicted molar refractivity (Wildman–Crippen MR) is 124 cm³/mol. The summed E-state index contributed by atoms with van der Waals surface area (Å²) in [4.78, 5) is 37.8. The van der Waals surface area contributed by atoms with Crippen molar-refractivity contribution in [1.29, 1.82) is 0 Å². The van der Waals surface area contributed by atoms with Crippen LogP contribution in [0.2, 0.25) is 5.02 Å². The average Bonchev–Trinajstić information content (AvgIpc) is 2.80. The van der Waals surface area contributed by atoms with Gasteiger partial charge in [-0.25, -0.2) is 4.79 Å². The van der Waals surface area contributed by atoms with Crippen LogP contribution in [0.15, 0.2) is 84.6 Å². The Morgan fingerprint density at radius 2 is 1.66 bits per heavy atom. The molecule has 0 saturated heterocycles. The number of nitrogens with one attached hydrogen (secondary N) is 2. The van der Waals surface area contributed by atoms with Crippen molar-refractivity contribution in [1.82, 2.24) is 5.32 Å². The minimum absolute atomic E-state index is 0.0163. The van der Waals surface area contributed by atoms with Crippen molar-refractivity contribution in [2.75, 3.05) is 11.9 Å². The fourth-order valence-electron chi connectivity index (χ4n) is 2.85. The molecule has 7 heteroatoms. The third-order valence-electron chi connectivity index (χ3n) is 4.35. The molecule has 0 saturated carbocycles. The molecule has 0 atom stereocenters. The Labute approximate surface area is 190 Å². The van der Waals surface area contributed by atoms with Crippen LogP contribution in [0.3, 0.4) is 0 Å². The molecule has 3 aromatic carbocycles. The second-order valence-electron chi connectivity index (χ2n) is 6.66. The molecule has 0 radical (unpaired) electrons. The molecule has 2 N–H and O–H groups in total. The smallest absolute Gasteiger partial charge is 0.338 e. The van der Waals surface area contributed by atoms with E-state index in [-0.39, 0.29) is 22.9 Å². The molecule has 0 aromatic heterocycles. The Hall–Kier alpha value is -3.90. The molecular formula is C25H21ClN2O4. The van der Waals surface area contributed by atoms with Crippen molar-refractivity contribution in [2.24, 2.45) is 0 Å². The van der Waals surface area contributed by atoms with Gasteiger partial charge < -0.3 is 15.4 Å². The van der Waals surface area contributed by atoms with Gasteiger partial charge in [-0.15, -0.1) is 0 Å². The van der Waals surface area contributed by atoms with E-state index >= 15 is 0 Å².